The van der Waals surface area contributed by atoms with E-state index >= 15 is 0 Å². The van der Waals surface area contributed by atoms with Gasteiger partial charge in [0.2, 0.25) is 0 Å². The summed E-state index contributed by atoms with van der Waals surface area (Å²) < 4.78 is 5.98. The van der Waals surface area contributed by atoms with Gasteiger partial charge in [0.1, 0.15) is 0 Å². The van der Waals surface area contributed by atoms with E-state index in [4.69, 9.17) is 4.74 Å². The second kappa shape index (κ2) is 6.58. The quantitative estimate of drug-likeness (QED) is 0.901. The lowest BCUT2D eigenvalue weighted by molar-refractivity contribution is 0.00397. The first-order valence-corrected chi connectivity index (χ1v) is 8.80. The SMILES string of the molecule is CO[C@H]1[C@H](NC(=O)c2ccncc2)c2ccccc2C12CCNCC2. The van der Waals surface area contributed by atoms with Crippen LogP contribution in [-0.2, 0) is 10.2 Å². The molecule has 1 amide bonds. The molecule has 0 saturated carbocycles. The van der Waals surface area contributed by atoms with Crippen LogP contribution in [0.5, 0.6) is 0 Å². The lowest BCUT2D eigenvalue weighted by atomic mass is 9.72. The standard InChI is InChI=1S/C20H23N3O2/c1-25-18-17(23-19(24)14-6-10-21-11-7-14)15-4-2-3-5-16(15)20(18)8-12-22-13-9-20/h2-7,10-11,17-18,22H,8-9,12-13H2,1H3,(H,23,24)/t17-,18+/m1/s1. The highest BCUT2D eigenvalue weighted by molar-refractivity contribution is 5.94. The van der Waals surface area contributed by atoms with Crippen molar-refractivity contribution in [2.45, 2.75) is 30.4 Å². The number of fused-ring (bicyclic) bond motifs is 2. The van der Waals surface area contributed by atoms with Gasteiger partial charge in [-0.2, -0.15) is 0 Å². The Balaban J connectivity index is 1.71. The molecule has 1 fully saturated rings. The van der Waals surface area contributed by atoms with Gasteiger partial charge in [0.05, 0.1) is 12.1 Å². The molecule has 1 saturated heterocycles. The molecule has 0 unspecified atom stereocenters. The summed E-state index contributed by atoms with van der Waals surface area (Å²) in [5.41, 5.74) is 3.09. The number of aromatic nitrogens is 1. The lowest BCUT2D eigenvalue weighted by Gasteiger charge is -2.40. The number of methoxy groups -OCH3 is 1. The van der Waals surface area contributed by atoms with E-state index in [0.717, 1.165) is 25.9 Å². The number of hydrogen-bond donors (Lipinski definition) is 2. The van der Waals surface area contributed by atoms with Crippen molar-refractivity contribution >= 4 is 5.91 Å². The van der Waals surface area contributed by atoms with E-state index in [9.17, 15) is 4.79 Å². The fraction of sp³-hybridized carbons (Fsp3) is 0.400. The van der Waals surface area contributed by atoms with Crippen molar-refractivity contribution in [3.63, 3.8) is 0 Å². The van der Waals surface area contributed by atoms with Gasteiger partial charge in [-0.25, -0.2) is 0 Å². The molecule has 4 rings (SSSR count). The maximum Gasteiger partial charge on any atom is 0.251 e. The average Bonchev–Trinajstić information content (AvgIpc) is 2.92. The highest BCUT2D eigenvalue weighted by Gasteiger charge is 2.53. The number of amides is 1. The first-order chi connectivity index (χ1) is 12.3. The number of nitrogens with zero attached hydrogens (tertiary/aromatic N) is 1. The average molecular weight is 337 g/mol. The minimum atomic E-state index is -0.139. The predicted octanol–water partition coefficient (Wildman–Crippen LogP) is 2.20. The van der Waals surface area contributed by atoms with Gasteiger partial charge < -0.3 is 15.4 Å². The summed E-state index contributed by atoms with van der Waals surface area (Å²) in [6.45, 7) is 1.94. The first-order valence-electron chi connectivity index (χ1n) is 8.80. The summed E-state index contributed by atoms with van der Waals surface area (Å²) in [4.78, 5) is 16.7. The van der Waals surface area contributed by atoms with Gasteiger partial charge in [-0.05, 0) is 49.2 Å². The van der Waals surface area contributed by atoms with Crippen molar-refractivity contribution in [3.8, 4) is 0 Å². The van der Waals surface area contributed by atoms with Crippen LogP contribution in [0.4, 0.5) is 0 Å². The number of carbonyl (C=O) groups is 1. The highest BCUT2D eigenvalue weighted by Crippen LogP contribution is 2.51. The molecule has 2 aliphatic rings. The highest BCUT2D eigenvalue weighted by atomic mass is 16.5. The van der Waals surface area contributed by atoms with Crippen LogP contribution >= 0.6 is 0 Å². The van der Waals surface area contributed by atoms with Gasteiger partial charge in [0.25, 0.3) is 5.91 Å². The molecule has 1 aromatic carbocycles. The second-order valence-corrected chi connectivity index (χ2v) is 6.84. The van der Waals surface area contributed by atoms with E-state index in [0.29, 0.717) is 5.56 Å². The van der Waals surface area contributed by atoms with Crippen LogP contribution in [0.1, 0.15) is 40.4 Å². The number of ether oxygens (including phenoxy) is 1. The smallest absolute Gasteiger partial charge is 0.251 e. The van der Waals surface area contributed by atoms with Crippen molar-refractivity contribution < 1.29 is 9.53 Å². The third-order valence-electron chi connectivity index (χ3n) is 5.66. The van der Waals surface area contributed by atoms with E-state index in [2.05, 4.69) is 33.8 Å². The van der Waals surface area contributed by atoms with Crippen molar-refractivity contribution in [1.82, 2.24) is 15.6 Å². The molecule has 2 heterocycles. The molecule has 2 aromatic rings. The van der Waals surface area contributed by atoms with Crippen LogP contribution in [0.2, 0.25) is 0 Å². The number of hydrogen-bond acceptors (Lipinski definition) is 4. The fourth-order valence-electron chi connectivity index (χ4n) is 4.53. The molecule has 130 valence electrons. The van der Waals surface area contributed by atoms with Gasteiger partial charge in [0.15, 0.2) is 0 Å². The summed E-state index contributed by atoms with van der Waals surface area (Å²) >= 11 is 0. The molecular weight excluding hydrogens is 314 g/mol. The summed E-state index contributed by atoms with van der Waals surface area (Å²) in [7, 11) is 1.76. The molecule has 1 aromatic heterocycles. The maximum atomic E-state index is 12.7. The van der Waals surface area contributed by atoms with Crippen molar-refractivity contribution in [2.24, 2.45) is 0 Å². The summed E-state index contributed by atoms with van der Waals surface area (Å²) in [5, 5.41) is 6.65. The topological polar surface area (TPSA) is 63.2 Å². The van der Waals surface area contributed by atoms with Crippen LogP contribution in [0.3, 0.4) is 0 Å². The molecule has 1 spiro atoms. The molecule has 1 aliphatic heterocycles. The van der Waals surface area contributed by atoms with E-state index in [1.807, 2.05) is 6.07 Å². The molecule has 5 nitrogen and oxygen atoms in total. The Kier molecular flexibility index (Phi) is 4.27. The van der Waals surface area contributed by atoms with Gasteiger partial charge in [-0.15, -0.1) is 0 Å². The minimum Gasteiger partial charge on any atom is -0.378 e. The van der Waals surface area contributed by atoms with Crippen LogP contribution in [0.15, 0.2) is 48.8 Å². The van der Waals surface area contributed by atoms with Crippen molar-refractivity contribution in [2.75, 3.05) is 20.2 Å². The van der Waals surface area contributed by atoms with E-state index in [1.54, 1.807) is 31.6 Å². The lowest BCUT2D eigenvalue weighted by Crippen LogP contribution is -2.49. The molecular formula is C20H23N3O2. The van der Waals surface area contributed by atoms with E-state index in [1.165, 1.54) is 11.1 Å². The molecule has 1 aliphatic carbocycles. The maximum absolute atomic E-state index is 12.7. The van der Waals surface area contributed by atoms with Crippen LogP contribution in [0, 0.1) is 0 Å². The van der Waals surface area contributed by atoms with Crippen molar-refractivity contribution in [1.29, 1.82) is 0 Å². The zero-order valence-corrected chi connectivity index (χ0v) is 14.4. The molecule has 2 atom stereocenters. The molecule has 0 bridgehead atoms. The number of carbonyl (C=O) groups excluding carboxylic acids is 1. The minimum absolute atomic E-state index is 0.0349. The van der Waals surface area contributed by atoms with Crippen LogP contribution in [0.25, 0.3) is 0 Å². The third-order valence-corrected chi connectivity index (χ3v) is 5.66. The van der Waals surface area contributed by atoms with Gasteiger partial charge in [-0.3, -0.25) is 9.78 Å². The zero-order valence-electron chi connectivity index (χ0n) is 14.4. The second-order valence-electron chi connectivity index (χ2n) is 6.84. The van der Waals surface area contributed by atoms with Crippen molar-refractivity contribution in [3.05, 3.63) is 65.5 Å². The normalized spacial score (nSPS) is 24.0. The Morgan fingerprint density at radius 1 is 1.20 bits per heavy atom. The summed E-state index contributed by atoms with van der Waals surface area (Å²) in [5.74, 6) is -0.0877. The fourth-order valence-corrected chi connectivity index (χ4v) is 4.53. The van der Waals surface area contributed by atoms with E-state index < -0.39 is 0 Å². The molecule has 25 heavy (non-hydrogen) atoms. The van der Waals surface area contributed by atoms with Crippen LogP contribution < -0.4 is 10.6 Å². The monoisotopic (exact) mass is 337 g/mol. The number of piperidine rings is 1. The Labute approximate surface area is 147 Å². The Hall–Kier alpha value is -2.24. The summed E-state index contributed by atoms with van der Waals surface area (Å²) in [6.07, 6.45) is 5.26. The number of rotatable bonds is 3. The first kappa shape index (κ1) is 16.2. The van der Waals surface area contributed by atoms with E-state index in [-0.39, 0.29) is 23.5 Å². The third kappa shape index (κ3) is 2.64. The Morgan fingerprint density at radius 3 is 2.64 bits per heavy atom. The zero-order chi connectivity index (χ0) is 17.3. The predicted molar refractivity (Wildman–Crippen MR) is 95.5 cm³/mol. The summed E-state index contributed by atoms with van der Waals surface area (Å²) in [6, 6.07) is 11.8. The number of benzene rings is 1. The molecule has 5 heteroatoms. The molecule has 2 N–H and O–H groups in total. The number of nitrogens with one attached hydrogen (secondary N) is 2. The Bertz CT molecular complexity index is 757. The van der Waals surface area contributed by atoms with Gasteiger partial charge in [0, 0.05) is 30.5 Å². The largest absolute Gasteiger partial charge is 0.378 e. The molecule has 0 radical (unpaired) electrons. The van der Waals surface area contributed by atoms with Gasteiger partial charge in [-0.1, -0.05) is 24.3 Å². The van der Waals surface area contributed by atoms with Gasteiger partial charge >= 0.3 is 0 Å². The number of pyridine rings is 1. The van der Waals surface area contributed by atoms with Crippen LogP contribution in [-0.4, -0.2) is 37.2 Å². The Morgan fingerprint density at radius 2 is 1.92 bits per heavy atom.